The second kappa shape index (κ2) is 4.82. The number of nitrogens with zero attached hydrogens (tertiary/aromatic N) is 1. The number of sulfone groups is 1. The van der Waals surface area contributed by atoms with Crippen LogP contribution in [0.5, 0.6) is 0 Å². The monoisotopic (exact) mass is 300 g/mol. The van der Waals surface area contributed by atoms with Gasteiger partial charge in [-0.3, -0.25) is 0 Å². The Kier molecular flexibility index (Phi) is 3.43. The lowest BCUT2D eigenvalue weighted by atomic mass is 9.92. The molecule has 4 nitrogen and oxygen atoms in total. The average Bonchev–Trinajstić information content (AvgIpc) is 2.63. The number of nitrogens with two attached hydrogens (primary N) is 1. The zero-order valence-corrected chi connectivity index (χ0v) is 12.7. The van der Waals surface area contributed by atoms with Crippen molar-refractivity contribution >= 4 is 21.2 Å². The molecule has 6 heteroatoms. The van der Waals surface area contributed by atoms with Crippen LogP contribution in [-0.4, -0.2) is 19.2 Å². The van der Waals surface area contributed by atoms with E-state index in [1.807, 2.05) is 0 Å². The molecule has 2 aliphatic rings. The third-order valence-electron chi connectivity index (χ3n) is 4.20. The number of hydrogen-bond donors (Lipinski definition) is 1. The van der Waals surface area contributed by atoms with Gasteiger partial charge < -0.3 is 5.73 Å². The average molecular weight is 300 g/mol. The summed E-state index contributed by atoms with van der Waals surface area (Å²) >= 11 is 1.54. The number of aromatic nitrogens is 1. The molecular weight excluding hydrogens is 280 g/mol. The lowest BCUT2D eigenvalue weighted by Crippen LogP contribution is -2.35. The molecule has 106 valence electrons. The summed E-state index contributed by atoms with van der Waals surface area (Å²) in [6.07, 6.45) is 7.32. The second-order valence-electron chi connectivity index (χ2n) is 5.80. The van der Waals surface area contributed by atoms with Crippen molar-refractivity contribution in [2.75, 3.05) is 5.75 Å². The van der Waals surface area contributed by atoms with Crippen LogP contribution in [0.4, 0.5) is 0 Å². The summed E-state index contributed by atoms with van der Waals surface area (Å²) in [6.45, 7) is 0. The van der Waals surface area contributed by atoms with Gasteiger partial charge >= 0.3 is 0 Å². The van der Waals surface area contributed by atoms with Crippen LogP contribution in [0.1, 0.15) is 54.1 Å². The molecule has 0 saturated heterocycles. The van der Waals surface area contributed by atoms with Crippen molar-refractivity contribution in [2.45, 2.75) is 56.2 Å². The van der Waals surface area contributed by atoms with E-state index < -0.39 is 9.84 Å². The Labute approximate surface area is 118 Å². The van der Waals surface area contributed by atoms with Crippen molar-refractivity contribution in [1.29, 1.82) is 0 Å². The van der Waals surface area contributed by atoms with Crippen LogP contribution in [0.15, 0.2) is 0 Å². The molecule has 1 aromatic heterocycles. The Balaban J connectivity index is 1.92. The normalized spacial score (nSPS) is 25.5. The molecule has 1 aliphatic carbocycles. The first-order chi connectivity index (χ1) is 8.99. The van der Waals surface area contributed by atoms with Gasteiger partial charge in [0.1, 0.15) is 5.01 Å². The highest BCUT2D eigenvalue weighted by molar-refractivity contribution is 7.90. The minimum Gasteiger partial charge on any atom is -0.319 e. The largest absolute Gasteiger partial charge is 0.319 e. The van der Waals surface area contributed by atoms with Gasteiger partial charge in [0.2, 0.25) is 0 Å². The minimum atomic E-state index is -2.91. The summed E-state index contributed by atoms with van der Waals surface area (Å²) < 4.78 is 23.4. The molecule has 1 aromatic rings. The molecular formula is C13H20N2O2S2. The summed E-state index contributed by atoms with van der Waals surface area (Å²) in [5.41, 5.74) is 7.22. The molecule has 0 unspecified atom stereocenters. The van der Waals surface area contributed by atoms with Gasteiger partial charge in [0.05, 0.1) is 22.7 Å². The smallest absolute Gasteiger partial charge is 0.155 e. The zero-order valence-electron chi connectivity index (χ0n) is 11.0. The van der Waals surface area contributed by atoms with Gasteiger partial charge in [-0.25, -0.2) is 13.4 Å². The molecule has 2 N–H and O–H groups in total. The Morgan fingerprint density at radius 1 is 1.16 bits per heavy atom. The maximum absolute atomic E-state index is 11.7. The fourth-order valence-corrected chi connectivity index (χ4v) is 6.05. The number of aryl methyl sites for hydroxylation is 1. The molecule has 0 radical (unpaired) electrons. The highest BCUT2D eigenvalue weighted by atomic mass is 32.2. The van der Waals surface area contributed by atoms with Crippen LogP contribution in [-0.2, 0) is 27.5 Å². The van der Waals surface area contributed by atoms with E-state index in [1.54, 1.807) is 0 Å². The van der Waals surface area contributed by atoms with Gasteiger partial charge in [0, 0.05) is 11.3 Å². The highest BCUT2D eigenvalue weighted by Gasteiger charge is 2.34. The van der Waals surface area contributed by atoms with Gasteiger partial charge in [-0.2, -0.15) is 0 Å². The maximum atomic E-state index is 11.7. The lowest BCUT2D eigenvalue weighted by molar-refractivity contribution is 0.383. The Morgan fingerprint density at radius 2 is 1.84 bits per heavy atom. The van der Waals surface area contributed by atoms with Crippen LogP contribution < -0.4 is 5.73 Å². The number of hydrogen-bond acceptors (Lipinski definition) is 5. The second-order valence-corrected chi connectivity index (χ2v) is 9.07. The van der Waals surface area contributed by atoms with E-state index in [-0.39, 0.29) is 17.0 Å². The van der Waals surface area contributed by atoms with Crippen molar-refractivity contribution in [1.82, 2.24) is 4.98 Å². The third-order valence-corrected chi connectivity index (χ3v) is 7.26. The standard InChI is InChI=1S/C13H20N2O2S2/c14-13(6-3-1-2-4-7-13)12-15-10-5-8-19(16,17)9-11(10)18-12/h1-9,14H2. The van der Waals surface area contributed by atoms with Crippen molar-refractivity contribution in [3.8, 4) is 0 Å². The predicted octanol–water partition coefficient (Wildman–Crippen LogP) is 2.12. The fourth-order valence-electron chi connectivity index (χ4n) is 3.00. The van der Waals surface area contributed by atoms with Crippen LogP contribution >= 0.6 is 11.3 Å². The lowest BCUT2D eigenvalue weighted by Gasteiger charge is -2.25. The molecule has 1 aliphatic heterocycles. The number of rotatable bonds is 1. The maximum Gasteiger partial charge on any atom is 0.155 e. The number of fused-ring (bicyclic) bond motifs is 1. The van der Waals surface area contributed by atoms with Crippen LogP contribution in [0.25, 0.3) is 0 Å². The molecule has 1 saturated carbocycles. The van der Waals surface area contributed by atoms with E-state index in [0.29, 0.717) is 6.42 Å². The predicted molar refractivity (Wildman–Crippen MR) is 76.9 cm³/mol. The highest BCUT2D eigenvalue weighted by Crippen LogP contribution is 2.38. The molecule has 0 amide bonds. The van der Waals surface area contributed by atoms with Crippen LogP contribution in [0, 0.1) is 0 Å². The summed E-state index contributed by atoms with van der Waals surface area (Å²) in [6, 6.07) is 0. The molecule has 19 heavy (non-hydrogen) atoms. The van der Waals surface area contributed by atoms with E-state index >= 15 is 0 Å². The number of thiazole rings is 1. The molecule has 0 atom stereocenters. The van der Waals surface area contributed by atoms with Gasteiger partial charge in [-0.1, -0.05) is 25.7 Å². The molecule has 0 aromatic carbocycles. The van der Waals surface area contributed by atoms with Gasteiger partial charge in [-0.05, 0) is 12.8 Å². The van der Waals surface area contributed by atoms with E-state index in [0.717, 1.165) is 41.3 Å². The SMILES string of the molecule is NC1(c2nc3c(s2)CS(=O)(=O)CC3)CCCCCC1. The van der Waals surface area contributed by atoms with Crippen molar-refractivity contribution < 1.29 is 8.42 Å². The van der Waals surface area contributed by atoms with E-state index in [4.69, 9.17) is 5.73 Å². The van der Waals surface area contributed by atoms with Crippen molar-refractivity contribution in [3.05, 3.63) is 15.6 Å². The van der Waals surface area contributed by atoms with Crippen LogP contribution in [0.3, 0.4) is 0 Å². The zero-order chi connectivity index (χ0) is 13.5. The molecule has 3 rings (SSSR count). The third kappa shape index (κ3) is 2.71. The summed E-state index contributed by atoms with van der Waals surface area (Å²) in [5.74, 6) is 0.400. The van der Waals surface area contributed by atoms with Crippen LogP contribution in [0.2, 0.25) is 0 Å². The summed E-state index contributed by atoms with van der Waals surface area (Å²) in [5, 5.41) is 0.969. The molecule has 1 fully saturated rings. The summed E-state index contributed by atoms with van der Waals surface area (Å²) in [4.78, 5) is 5.61. The summed E-state index contributed by atoms with van der Waals surface area (Å²) in [7, 11) is -2.91. The first-order valence-corrected chi connectivity index (χ1v) is 9.61. The topological polar surface area (TPSA) is 73.0 Å². The van der Waals surface area contributed by atoms with E-state index in [9.17, 15) is 8.42 Å². The van der Waals surface area contributed by atoms with Gasteiger partial charge in [0.15, 0.2) is 9.84 Å². The Bertz CT molecular complexity index is 569. The minimum absolute atomic E-state index is 0.163. The van der Waals surface area contributed by atoms with Gasteiger partial charge in [0.25, 0.3) is 0 Å². The first-order valence-electron chi connectivity index (χ1n) is 6.97. The molecule has 0 bridgehead atoms. The Hall–Kier alpha value is -0.460. The van der Waals surface area contributed by atoms with Crippen molar-refractivity contribution in [3.63, 3.8) is 0 Å². The first kappa shape index (κ1) is 13.5. The van der Waals surface area contributed by atoms with E-state index in [2.05, 4.69) is 4.98 Å². The quantitative estimate of drug-likeness (QED) is 0.806. The van der Waals surface area contributed by atoms with Gasteiger partial charge in [-0.15, -0.1) is 11.3 Å². The molecule has 0 spiro atoms. The van der Waals surface area contributed by atoms with E-state index in [1.165, 1.54) is 24.2 Å². The Morgan fingerprint density at radius 3 is 2.53 bits per heavy atom. The van der Waals surface area contributed by atoms with Crippen molar-refractivity contribution in [2.24, 2.45) is 5.73 Å². The molecule has 2 heterocycles. The fraction of sp³-hybridized carbons (Fsp3) is 0.769.